The van der Waals surface area contributed by atoms with Gasteiger partial charge in [0.15, 0.2) is 0 Å². The Morgan fingerprint density at radius 2 is 1.93 bits per heavy atom. The number of halogens is 1. The molecule has 0 saturated carbocycles. The standard InChI is InChI=1S/C19H23FN2O4S/c1-14-8-9-18(26-2)17(12-14)21-19(23)13-22(27(3,24)25)11-10-15-6-4-5-7-16(15)20/h4-9,12H,10-11,13H2,1-3H3,(H,21,23). The Hall–Kier alpha value is -2.45. The van der Waals surface area contributed by atoms with Gasteiger partial charge < -0.3 is 10.1 Å². The van der Waals surface area contributed by atoms with E-state index in [0.717, 1.165) is 16.1 Å². The highest BCUT2D eigenvalue weighted by molar-refractivity contribution is 7.88. The number of rotatable bonds is 8. The number of methoxy groups -OCH3 is 1. The molecular formula is C19H23FN2O4S. The first-order valence-corrected chi connectivity index (χ1v) is 10.2. The van der Waals surface area contributed by atoms with Gasteiger partial charge >= 0.3 is 0 Å². The van der Waals surface area contributed by atoms with Gasteiger partial charge in [-0.2, -0.15) is 4.31 Å². The molecule has 0 unspecified atom stereocenters. The quantitative estimate of drug-likeness (QED) is 0.747. The van der Waals surface area contributed by atoms with Gasteiger partial charge in [0.25, 0.3) is 0 Å². The van der Waals surface area contributed by atoms with Gasteiger partial charge in [-0.25, -0.2) is 12.8 Å². The van der Waals surface area contributed by atoms with Gasteiger partial charge in [0.1, 0.15) is 11.6 Å². The monoisotopic (exact) mass is 394 g/mol. The summed E-state index contributed by atoms with van der Waals surface area (Å²) in [7, 11) is -2.16. The number of ether oxygens (including phenoxy) is 1. The molecule has 2 rings (SSSR count). The zero-order chi connectivity index (χ0) is 20.0. The minimum Gasteiger partial charge on any atom is -0.495 e. The summed E-state index contributed by atoms with van der Waals surface area (Å²) in [5.41, 5.74) is 1.78. The van der Waals surface area contributed by atoms with E-state index in [0.29, 0.717) is 17.0 Å². The van der Waals surface area contributed by atoms with E-state index >= 15 is 0 Å². The van der Waals surface area contributed by atoms with Crippen molar-refractivity contribution in [3.05, 3.63) is 59.4 Å². The second-order valence-electron chi connectivity index (χ2n) is 6.19. The summed E-state index contributed by atoms with van der Waals surface area (Å²) in [6.07, 6.45) is 1.19. The number of hydrogen-bond donors (Lipinski definition) is 1. The third kappa shape index (κ3) is 6.04. The lowest BCUT2D eigenvalue weighted by atomic mass is 10.1. The minimum atomic E-state index is -3.64. The third-order valence-corrected chi connectivity index (χ3v) is 5.26. The highest BCUT2D eigenvalue weighted by Gasteiger charge is 2.21. The van der Waals surface area contributed by atoms with E-state index in [1.54, 1.807) is 30.3 Å². The molecule has 6 nitrogen and oxygen atoms in total. The van der Waals surface area contributed by atoms with Crippen LogP contribution in [0.15, 0.2) is 42.5 Å². The number of anilines is 1. The smallest absolute Gasteiger partial charge is 0.239 e. The summed E-state index contributed by atoms with van der Waals surface area (Å²) < 4.78 is 44.0. The van der Waals surface area contributed by atoms with Crippen molar-refractivity contribution in [3.8, 4) is 5.75 Å². The molecule has 8 heteroatoms. The molecule has 2 aromatic rings. The van der Waals surface area contributed by atoms with E-state index in [2.05, 4.69) is 5.32 Å². The average Bonchev–Trinajstić information content (AvgIpc) is 2.59. The van der Waals surface area contributed by atoms with Crippen LogP contribution >= 0.6 is 0 Å². The SMILES string of the molecule is COc1ccc(C)cc1NC(=O)CN(CCc1ccccc1F)S(C)(=O)=O. The molecule has 0 aliphatic carbocycles. The number of nitrogens with zero attached hydrogens (tertiary/aromatic N) is 1. The minimum absolute atomic E-state index is 0.00185. The first-order chi connectivity index (χ1) is 12.7. The average molecular weight is 394 g/mol. The van der Waals surface area contributed by atoms with Gasteiger partial charge in [0.2, 0.25) is 15.9 Å². The normalized spacial score (nSPS) is 11.4. The Morgan fingerprint density at radius 3 is 2.56 bits per heavy atom. The van der Waals surface area contributed by atoms with Crippen LogP contribution in [0.25, 0.3) is 0 Å². The van der Waals surface area contributed by atoms with Crippen LogP contribution in [0.4, 0.5) is 10.1 Å². The van der Waals surface area contributed by atoms with Crippen LogP contribution in [0.5, 0.6) is 5.75 Å². The lowest BCUT2D eigenvalue weighted by molar-refractivity contribution is -0.116. The molecule has 0 spiro atoms. The predicted octanol–water partition coefficient (Wildman–Crippen LogP) is 2.59. The summed E-state index contributed by atoms with van der Waals surface area (Å²) >= 11 is 0. The highest BCUT2D eigenvalue weighted by atomic mass is 32.2. The summed E-state index contributed by atoms with van der Waals surface area (Å²) in [4.78, 5) is 12.4. The van der Waals surface area contributed by atoms with E-state index in [4.69, 9.17) is 4.74 Å². The van der Waals surface area contributed by atoms with Crippen molar-refractivity contribution in [3.63, 3.8) is 0 Å². The summed E-state index contributed by atoms with van der Waals surface area (Å²) in [6.45, 7) is 1.49. The molecule has 146 valence electrons. The fourth-order valence-corrected chi connectivity index (χ4v) is 3.35. The molecule has 0 aliphatic heterocycles. The van der Waals surface area contributed by atoms with Gasteiger partial charge in [-0.15, -0.1) is 0 Å². The number of carbonyl (C=O) groups is 1. The van der Waals surface area contributed by atoms with Gasteiger partial charge in [0, 0.05) is 6.54 Å². The summed E-state index contributed by atoms with van der Waals surface area (Å²) in [5.74, 6) is -0.427. The van der Waals surface area contributed by atoms with Crippen molar-refractivity contribution in [2.75, 3.05) is 31.8 Å². The number of hydrogen-bond acceptors (Lipinski definition) is 4. The molecule has 1 amide bonds. The predicted molar refractivity (Wildman–Crippen MR) is 103 cm³/mol. The largest absolute Gasteiger partial charge is 0.495 e. The van der Waals surface area contributed by atoms with Crippen LogP contribution < -0.4 is 10.1 Å². The first kappa shape index (κ1) is 20.9. The molecular weight excluding hydrogens is 371 g/mol. The maximum atomic E-state index is 13.7. The van der Waals surface area contributed by atoms with Gasteiger partial charge in [-0.1, -0.05) is 24.3 Å². The highest BCUT2D eigenvalue weighted by Crippen LogP contribution is 2.25. The van der Waals surface area contributed by atoms with Crippen LogP contribution in [-0.4, -0.2) is 45.1 Å². The molecule has 0 fully saturated rings. The van der Waals surface area contributed by atoms with Crippen molar-refractivity contribution < 1.29 is 22.3 Å². The first-order valence-electron chi connectivity index (χ1n) is 8.33. The Labute approximate surface area is 159 Å². The maximum Gasteiger partial charge on any atom is 0.239 e. The zero-order valence-corrected chi connectivity index (χ0v) is 16.3. The molecule has 0 aromatic heterocycles. The fourth-order valence-electron chi connectivity index (χ4n) is 2.58. The van der Waals surface area contributed by atoms with Crippen LogP contribution in [0.1, 0.15) is 11.1 Å². The molecule has 2 aromatic carbocycles. The molecule has 0 bridgehead atoms. The van der Waals surface area contributed by atoms with Crippen LogP contribution in [-0.2, 0) is 21.2 Å². The molecule has 0 heterocycles. The Balaban J connectivity index is 2.09. The van der Waals surface area contributed by atoms with Crippen LogP contribution in [0.3, 0.4) is 0 Å². The molecule has 1 N–H and O–H groups in total. The molecule has 0 saturated heterocycles. The Morgan fingerprint density at radius 1 is 1.22 bits per heavy atom. The fraction of sp³-hybridized carbons (Fsp3) is 0.316. The number of amides is 1. The summed E-state index contributed by atoms with van der Waals surface area (Å²) in [6, 6.07) is 11.4. The number of sulfonamides is 1. The van der Waals surface area contributed by atoms with Crippen molar-refractivity contribution >= 4 is 21.6 Å². The van der Waals surface area contributed by atoms with Crippen molar-refractivity contribution in [1.29, 1.82) is 0 Å². The second kappa shape index (κ2) is 8.96. The lowest BCUT2D eigenvalue weighted by Crippen LogP contribution is -2.38. The van der Waals surface area contributed by atoms with Gasteiger partial charge in [0.05, 0.1) is 25.6 Å². The van der Waals surface area contributed by atoms with Gasteiger partial charge in [-0.3, -0.25) is 4.79 Å². The molecule has 0 aliphatic rings. The molecule has 0 atom stereocenters. The number of carbonyl (C=O) groups excluding carboxylic acids is 1. The van der Waals surface area contributed by atoms with Crippen LogP contribution in [0.2, 0.25) is 0 Å². The van der Waals surface area contributed by atoms with Crippen molar-refractivity contribution in [1.82, 2.24) is 4.31 Å². The Bertz CT molecular complexity index is 916. The maximum absolute atomic E-state index is 13.7. The van der Waals surface area contributed by atoms with E-state index in [-0.39, 0.29) is 19.5 Å². The van der Waals surface area contributed by atoms with Crippen molar-refractivity contribution in [2.24, 2.45) is 0 Å². The van der Waals surface area contributed by atoms with Crippen molar-refractivity contribution in [2.45, 2.75) is 13.3 Å². The van der Waals surface area contributed by atoms with E-state index in [9.17, 15) is 17.6 Å². The van der Waals surface area contributed by atoms with Crippen LogP contribution in [0, 0.1) is 12.7 Å². The number of nitrogens with one attached hydrogen (secondary N) is 1. The topological polar surface area (TPSA) is 75.7 Å². The van der Waals surface area contributed by atoms with Gasteiger partial charge in [-0.05, 0) is 42.7 Å². The summed E-state index contributed by atoms with van der Waals surface area (Å²) in [5, 5.41) is 2.67. The van der Waals surface area contributed by atoms with E-state index < -0.39 is 21.7 Å². The lowest BCUT2D eigenvalue weighted by Gasteiger charge is -2.20. The van der Waals surface area contributed by atoms with E-state index in [1.807, 2.05) is 13.0 Å². The zero-order valence-electron chi connectivity index (χ0n) is 15.5. The molecule has 27 heavy (non-hydrogen) atoms. The van der Waals surface area contributed by atoms with E-state index in [1.165, 1.54) is 13.2 Å². The third-order valence-electron chi connectivity index (χ3n) is 4.01. The second-order valence-corrected chi connectivity index (χ2v) is 8.17. The Kier molecular flexibility index (Phi) is 6.92. The number of benzene rings is 2. The number of aryl methyl sites for hydroxylation is 1. The molecule has 0 radical (unpaired) electrons.